The van der Waals surface area contributed by atoms with Gasteiger partial charge in [-0.15, -0.1) is 0 Å². The molecule has 1 fully saturated rings. The van der Waals surface area contributed by atoms with Gasteiger partial charge in [-0.05, 0) is 35.1 Å². The minimum absolute atomic E-state index is 0.0515. The second-order valence-corrected chi connectivity index (χ2v) is 7.45. The fourth-order valence-electron chi connectivity index (χ4n) is 2.64. The van der Waals surface area contributed by atoms with E-state index in [0.717, 1.165) is 0 Å². The average Bonchev–Trinajstić information content (AvgIpc) is 2.99. The summed E-state index contributed by atoms with van der Waals surface area (Å²) in [6.07, 6.45) is 1.62. The number of benzene rings is 1. The van der Waals surface area contributed by atoms with Gasteiger partial charge < -0.3 is 9.47 Å². The van der Waals surface area contributed by atoms with Gasteiger partial charge in [-0.2, -0.15) is 8.78 Å². The van der Waals surface area contributed by atoms with Crippen molar-refractivity contribution in [2.45, 2.75) is 27.1 Å². The standard InChI is InChI=1S/C16H15Cl3F2O3/c1-16(2)9(6-12(18)19)13(16)14(22)23-7-8-3-4-10(17)11(5-8)24-15(20)21/h3-6,9,13,15H,7H2,1-2H3. The summed E-state index contributed by atoms with van der Waals surface area (Å²) in [5, 5.41) is 0.0515. The molecule has 2 rings (SSSR count). The molecule has 0 amide bonds. The molecule has 0 aliphatic heterocycles. The third-order valence-electron chi connectivity index (χ3n) is 4.06. The highest BCUT2D eigenvalue weighted by Gasteiger charge is 2.61. The molecule has 2 unspecified atom stereocenters. The van der Waals surface area contributed by atoms with E-state index in [4.69, 9.17) is 39.5 Å². The molecule has 3 nitrogen and oxygen atoms in total. The summed E-state index contributed by atoms with van der Waals surface area (Å²) in [6, 6.07) is 4.29. The summed E-state index contributed by atoms with van der Waals surface area (Å²) in [7, 11) is 0. The largest absolute Gasteiger partial charge is 0.461 e. The highest BCUT2D eigenvalue weighted by molar-refractivity contribution is 6.55. The van der Waals surface area contributed by atoms with Gasteiger partial charge >= 0.3 is 12.6 Å². The zero-order chi connectivity index (χ0) is 18.1. The van der Waals surface area contributed by atoms with E-state index < -0.39 is 12.6 Å². The lowest BCUT2D eigenvalue weighted by molar-refractivity contribution is -0.147. The number of hydrogen-bond acceptors (Lipinski definition) is 3. The summed E-state index contributed by atoms with van der Waals surface area (Å²) < 4.78 is 34.3. The first-order chi connectivity index (χ1) is 11.1. The molecular formula is C16H15Cl3F2O3. The number of alkyl halides is 2. The van der Waals surface area contributed by atoms with Crippen LogP contribution in [0.1, 0.15) is 19.4 Å². The maximum Gasteiger partial charge on any atom is 0.387 e. The molecule has 24 heavy (non-hydrogen) atoms. The van der Waals surface area contributed by atoms with Gasteiger partial charge in [0.2, 0.25) is 0 Å². The van der Waals surface area contributed by atoms with Crippen LogP contribution >= 0.6 is 34.8 Å². The SMILES string of the molecule is CC1(C)C(C=C(Cl)Cl)C1C(=O)OCc1ccc(Cl)c(OC(F)F)c1. The molecule has 8 heteroatoms. The first kappa shape index (κ1) is 19.3. The second-order valence-electron chi connectivity index (χ2n) is 6.03. The Hall–Kier alpha value is -1.04. The van der Waals surface area contributed by atoms with Crippen LogP contribution in [0.15, 0.2) is 28.8 Å². The van der Waals surface area contributed by atoms with Crippen LogP contribution in [0.2, 0.25) is 5.02 Å². The van der Waals surface area contributed by atoms with E-state index in [9.17, 15) is 13.6 Å². The molecule has 1 aromatic rings. The normalized spacial score (nSPS) is 21.3. The van der Waals surface area contributed by atoms with E-state index in [1.807, 2.05) is 13.8 Å². The summed E-state index contributed by atoms with van der Waals surface area (Å²) in [5.74, 6) is -1.02. The third kappa shape index (κ3) is 4.52. The van der Waals surface area contributed by atoms with E-state index in [2.05, 4.69) is 4.74 Å². The number of rotatable bonds is 6. The van der Waals surface area contributed by atoms with Crippen molar-refractivity contribution in [3.8, 4) is 5.75 Å². The Bertz CT molecular complexity index is 658. The minimum atomic E-state index is -2.99. The van der Waals surface area contributed by atoms with Crippen molar-refractivity contribution in [1.29, 1.82) is 0 Å². The Balaban J connectivity index is 1.99. The van der Waals surface area contributed by atoms with Crippen LogP contribution in [0.5, 0.6) is 5.75 Å². The Kier molecular flexibility index (Phi) is 6.00. The van der Waals surface area contributed by atoms with E-state index in [1.165, 1.54) is 12.1 Å². The number of ether oxygens (including phenoxy) is 2. The number of allylic oxidation sites excluding steroid dienone is 1. The maximum absolute atomic E-state index is 12.3. The molecule has 2 atom stereocenters. The Labute approximate surface area is 153 Å². The van der Waals surface area contributed by atoms with Gasteiger partial charge in [-0.3, -0.25) is 4.79 Å². The third-order valence-corrected chi connectivity index (χ3v) is 4.63. The van der Waals surface area contributed by atoms with Crippen molar-refractivity contribution in [1.82, 2.24) is 0 Å². The predicted molar refractivity (Wildman–Crippen MR) is 88.4 cm³/mol. The van der Waals surface area contributed by atoms with Crippen molar-refractivity contribution in [3.63, 3.8) is 0 Å². The van der Waals surface area contributed by atoms with Crippen LogP contribution in [-0.4, -0.2) is 12.6 Å². The molecule has 0 spiro atoms. The van der Waals surface area contributed by atoms with Crippen molar-refractivity contribution >= 4 is 40.8 Å². The zero-order valence-electron chi connectivity index (χ0n) is 12.9. The van der Waals surface area contributed by atoms with E-state index in [0.29, 0.717) is 5.56 Å². The Morgan fingerprint density at radius 1 is 1.38 bits per heavy atom. The molecular weight excluding hydrogens is 385 g/mol. The summed E-state index contributed by atoms with van der Waals surface area (Å²) >= 11 is 17.1. The van der Waals surface area contributed by atoms with Crippen LogP contribution in [0.25, 0.3) is 0 Å². The lowest BCUT2D eigenvalue weighted by Gasteiger charge is -2.10. The Morgan fingerprint density at radius 2 is 2.04 bits per heavy atom. The van der Waals surface area contributed by atoms with Crippen molar-refractivity contribution in [2.24, 2.45) is 17.3 Å². The minimum Gasteiger partial charge on any atom is -0.461 e. The van der Waals surface area contributed by atoms with Crippen LogP contribution < -0.4 is 4.74 Å². The zero-order valence-corrected chi connectivity index (χ0v) is 15.1. The fourth-order valence-corrected chi connectivity index (χ4v) is 3.08. The highest BCUT2D eigenvalue weighted by atomic mass is 35.5. The van der Waals surface area contributed by atoms with Crippen molar-refractivity contribution < 1.29 is 23.0 Å². The fraction of sp³-hybridized carbons (Fsp3) is 0.438. The lowest BCUT2D eigenvalue weighted by Crippen LogP contribution is -2.11. The highest BCUT2D eigenvalue weighted by Crippen LogP contribution is 2.60. The number of halogens is 5. The van der Waals surface area contributed by atoms with E-state index >= 15 is 0 Å². The van der Waals surface area contributed by atoms with Gasteiger partial charge in [0.05, 0.1) is 10.9 Å². The maximum atomic E-state index is 12.3. The molecule has 1 aliphatic rings. The summed E-state index contributed by atoms with van der Waals surface area (Å²) in [6.45, 7) is 0.759. The molecule has 0 aromatic heterocycles. The first-order valence-electron chi connectivity index (χ1n) is 7.05. The van der Waals surface area contributed by atoms with Gasteiger partial charge in [0.1, 0.15) is 16.8 Å². The molecule has 0 radical (unpaired) electrons. The molecule has 1 aliphatic carbocycles. The topological polar surface area (TPSA) is 35.5 Å². The number of hydrogen-bond donors (Lipinski definition) is 0. The quantitative estimate of drug-likeness (QED) is 0.586. The Morgan fingerprint density at radius 3 is 2.62 bits per heavy atom. The van der Waals surface area contributed by atoms with Gasteiger partial charge in [-0.1, -0.05) is 54.7 Å². The van der Waals surface area contributed by atoms with E-state index in [1.54, 1.807) is 12.1 Å². The lowest BCUT2D eigenvalue weighted by atomic mass is 10.1. The van der Waals surface area contributed by atoms with Crippen molar-refractivity contribution in [2.75, 3.05) is 0 Å². The molecule has 0 heterocycles. The molecule has 0 N–H and O–H groups in total. The first-order valence-corrected chi connectivity index (χ1v) is 8.19. The molecule has 1 aromatic carbocycles. The molecule has 132 valence electrons. The van der Waals surface area contributed by atoms with Crippen LogP contribution in [0.4, 0.5) is 8.78 Å². The van der Waals surface area contributed by atoms with Crippen LogP contribution in [-0.2, 0) is 16.1 Å². The van der Waals surface area contributed by atoms with Crippen molar-refractivity contribution in [3.05, 3.63) is 39.4 Å². The number of esters is 1. The second kappa shape index (κ2) is 7.46. The molecule has 0 saturated heterocycles. The number of carbonyl (C=O) groups is 1. The molecule has 0 bridgehead atoms. The summed E-state index contributed by atoms with van der Waals surface area (Å²) in [5.41, 5.74) is 0.195. The monoisotopic (exact) mass is 398 g/mol. The van der Waals surface area contributed by atoms with Crippen LogP contribution in [0.3, 0.4) is 0 Å². The van der Waals surface area contributed by atoms with Gasteiger partial charge in [-0.25, -0.2) is 0 Å². The van der Waals surface area contributed by atoms with Crippen LogP contribution in [0, 0.1) is 17.3 Å². The predicted octanol–water partition coefficient (Wildman–Crippen LogP) is 5.58. The molecule has 1 saturated carbocycles. The van der Waals surface area contributed by atoms with Gasteiger partial charge in [0.15, 0.2) is 0 Å². The van der Waals surface area contributed by atoms with E-state index in [-0.39, 0.29) is 39.1 Å². The summed E-state index contributed by atoms with van der Waals surface area (Å²) in [4.78, 5) is 12.2. The van der Waals surface area contributed by atoms with Gasteiger partial charge in [0.25, 0.3) is 0 Å². The average molecular weight is 400 g/mol. The van der Waals surface area contributed by atoms with Gasteiger partial charge in [0, 0.05) is 0 Å². The number of carbonyl (C=O) groups excluding carboxylic acids is 1. The smallest absolute Gasteiger partial charge is 0.387 e.